The summed E-state index contributed by atoms with van der Waals surface area (Å²) in [6.45, 7) is 3.83. The maximum Gasteiger partial charge on any atom is 0.251 e. The van der Waals surface area contributed by atoms with Gasteiger partial charge < -0.3 is 10.6 Å². The van der Waals surface area contributed by atoms with Crippen LogP contribution in [0.2, 0.25) is 0 Å². The van der Waals surface area contributed by atoms with Gasteiger partial charge in [0.2, 0.25) is 5.91 Å². The zero-order chi connectivity index (χ0) is 19.4. The van der Waals surface area contributed by atoms with E-state index in [0.29, 0.717) is 16.8 Å². The molecule has 140 valence electrons. The largest absolute Gasteiger partial charge is 0.349 e. The number of carbonyl (C=O) groups is 3. The summed E-state index contributed by atoms with van der Waals surface area (Å²) in [6, 6.07) is 12.9. The average molecular weight is 364 g/mol. The molecule has 1 aliphatic carbocycles. The zero-order valence-corrected chi connectivity index (χ0v) is 15.7. The number of amides is 2. The zero-order valence-electron chi connectivity index (χ0n) is 15.7. The van der Waals surface area contributed by atoms with Gasteiger partial charge in [-0.05, 0) is 44.4 Å². The molecule has 0 spiro atoms. The maximum atomic E-state index is 12.3. The average Bonchev–Trinajstić information content (AvgIpc) is 3.46. The van der Waals surface area contributed by atoms with E-state index >= 15 is 0 Å². The predicted octanol–water partition coefficient (Wildman–Crippen LogP) is 3.80. The molecule has 1 saturated carbocycles. The van der Waals surface area contributed by atoms with E-state index in [1.807, 2.05) is 32.0 Å². The van der Waals surface area contributed by atoms with Gasteiger partial charge in [0, 0.05) is 35.7 Å². The minimum absolute atomic E-state index is 0.0561. The van der Waals surface area contributed by atoms with Gasteiger partial charge in [-0.2, -0.15) is 0 Å². The third-order valence-corrected chi connectivity index (χ3v) is 4.64. The molecular weight excluding hydrogens is 340 g/mol. The van der Waals surface area contributed by atoms with Crippen LogP contribution >= 0.6 is 0 Å². The highest BCUT2D eigenvalue weighted by Crippen LogP contribution is 2.21. The first-order valence-electron chi connectivity index (χ1n) is 9.23. The third kappa shape index (κ3) is 5.26. The summed E-state index contributed by atoms with van der Waals surface area (Å²) in [5, 5.41) is 5.76. The van der Waals surface area contributed by atoms with E-state index in [1.54, 1.807) is 24.3 Å². The molecule has 2 aromatic carbocycles. The minimum Gasteiger partial charge on any atom is -0.349 e. The van der Waals surface area contributed by atoms with E-state index in [2.05, 4.69) is 10.6 Å². The summed E-state index contributed by atoms with van der Waals surface area (Å²) in [5.74, 6) is -0.416. The third-order valence-electron chi connectivity index (χ3n) is 4.64. The number of aryl methyl sites for hydroxylation is 2. The van der Waals surface area contributed by atoms with Gasteiger partial charge in [0.05, 0.1) is 0 Å². The van der Waals surface area contributed by atoms with Gasteiger partial charge in [0.1, 0.15) is 0 Å². The van der Waals surface area contributed by atoms with E-state index in [0.717, 1.165) is 24.0 Å². The Morgan fingerprint density at radius 1 is 0.926 bits per heavy atom. The Hall–Kier alpha value is -2.95. The predicted molar refractivity (Wildman–Crippen MR) is 105 cm³/mol. The molecular formula is C22H24N2O3. The highest BCUT2D eigenvalue weighted by molar-refractivity contribution is 6.01. The monoisotopic (exact) mass is 364 g/mol. The lowest BCUT2D eigenvalue weighted by Crippen LogP contribution is -2.25. The number of benzene rings is 2. The molecule has 0 aromatic heterocycles. The highest BCUT2D eigenvalue weighted by Gasteiger charge is 2.24. The first-order valence-corrected chi connectivity index (χ1v) is 9.23. The van der Waals surface area contributed by atoms with Gasteiger partial charge in [0.15, 0.2) is 5.78 Å². The number of Topliss-reactive ketones (excluding diaryl/α,β-unsaturated/α-hetero) is 1. The van der Waals surface area contributed by atoms with Crippen molar-refractivity contribution in [2.45, 2.75) is 45.6 Å². The van der Waals surface area contributed by atoms with Crippen molar-refractivity contribution < 1.29 is 14.4 Å². The van der Waals surface area contributed by atoms with E-state index in [-0.39, 0.29) is 36.5 Å². The smallest absolute Gasteiger partial charge is 0.251 e. The Bertz CT molecular complexity index is 868. The molecule has 0 heterocycles. The number of anilines is 1. The van der Waals surface area contributed by atoms with Gasteiger partial charge in [-0.15, -0.1) is 0 Å². The molecule has 2 aromatic rings. The summed E-state index contributed by atoms with van der Waals surface area (Å²) in [7, 11) is 0. The van der Waals surface area contributed by atoms with Crippen LogP contribution < -0.4 is 10.6 Å². The second-order valence-electron chi connectivity index (χ2n) is 7.11. The van der Waals surface area contributed by atoms with E-state index in [9.17, 15) is 14.4 Å². The molecule has 5 nitrogen and oxygen atoms in total. The van der Waals surface area contributed by atoms with Gasteiger partial charge in [-0.25, -0.2) is 0 Å². The van der Waals surface area contributed by atoms with Crippen molar-refractivity contribution in [3.63, 3.8) is 0 Å². The molecule has 0 aliphatic heterocycles. The summed E-state index contributed by atoms with van der Waals surface area (Å²) < 4.78 is 0. The minimum atomic E-state index is -0.238. The number of nitrogens with one attached hydrogen (secondary N) is 2. The van der Waals surface area contributed by atoms with Gasteiger partial charge >= 0.3 is 0 Å². The normalized spacial score (nSPS) is 13.1. The summed E-state index contributed by atoms with van der Waals surface area (Å²) in [4.78, 5) is 36.6. The number of hydrogen-bond donors (Lipinski definition) is 2. The van der Waals surface area contributed by atoms with E-state index < -0.39 is 0 Å². The van der Waals surface area contributed by atoms with Crippen LogP contribution in [0.5, 0.6) is 0 Å². The molecule has 0 saturated heterocycles. The molecule has 2 amide bonds. The molecule has 1 aliphatic rings. The maximum absolute atomic E-state index is 12.3. The number of rotatable bonds is 7. The topological polar surface area (TPSA) is 75.3 Å². The molecule has 0 unspecified atom stereocenters. The van der Waals surface area contributed by atoms with Crippen molar-refractivity contribution in [2.24, 2.45) is 0 Å². The molecule has 0 atom stereocenters. The molecule has 3 rings (SSSR count). The molecule has 1 fully saturated rings. The van der Waals surface area contributed by atoms with E-state index in [4.69, 9.17) is 0 Å². The number of hydrogen-bond acceptors (Lipinski definition) is 3. The Morgan fingerprint density at radius 3 is 2.26 bits per heavy atom. The lowest BCUT2D eigenvalue weighted by atomic mass is 10.0. The first-order chi connectivity index (χ1) is 12.9. The summed E-state index contributed by atoms with van der Waals surface area (Å²) >= 11 is 0. The van der Waals surface area contributed by atoms with Crippen LogP contribution in [0.15, 0.2) is 42.5 Å². The highest BCUT2D eigenvalue weighted by atomic mass is 16.2. The molecule has 0 radical (unpaired) electrons. The fourth-order valence-corrected chi connectivity index (χ4v) is 2.72. The van der Waals surface area contributed by atoms with Crippen LogP contribution in [0.1, 0.15) is 57.5 Å². The van der Waals surface area contributed by atoms with Crippen molar-refractivity contribution in [2.75, 3.05) is 5.32 Å². The van der Waals surface area contributed by atoms with Crippen LogP contribution in [-0.2, 0) is 4.79 Å². The Balaban J connectivity index is 1.57. The molecule has 5 heteroatoms. The molecule has 27 heavy (non-hydrogen) atoms. The van der Waals surface area contributed by atoms with Crippen LogP contribution in [-0.4, -0.2) is 23.6 Å². The number of carbonyl (C=O) groups excluding carboxylic acids is 3. The molecule has 0 bridgehead atoms. The van der Waals surface area contributed by atoms with Crippen molar-refractivity contribution in [1.29, 1.82) is 0 Å². The fourth-order valence-electron chi connectivity index (χ4n) is 2.72. The fraction of sp³-hybridized carbons (Fsp3) is 0.318. The Labute approximate surface area is 159 Å². The van der Waals surface area contributed by atoms with Crippen molar-refractivity contribution in [3.05, 3.63) is 64.7 Å². The summed E-state index contributed by atoms with van der Waals surface area (Å²) in [5.41, 5.74) is 3.70. The van der Waals surface area contributed by atoms with Crippen LogP contribution in [0, 0.1) is 13.8 Å². The SMILES string of the molecule is Cc1ccc(C(=O)CCC(=O)Nc2cc(C(=O)NC3CC3)ccc2C)cc1. The second-order valence-corrected chi connectivity index (χ2v) is 7.11. The quantitative estimate of drug-likeness (QED) is 0.734. The second kappa shape index (κ2) is 8.16. The lowest BCUT2D eigenvalue weighted by molar-refractivity contribution is -0.116. The summed E-state index contributed by atoms with van der Waals surface area (Å²) in [6.07, 6.45) is 2.30. The Morgan fingerprint density at radius 2 is 1.59 bits per heavy atom. The lowest BCUT2D eigenvalue weighted by Gasteiger charge is -2.11. The first kappa shape index (κ1) is 18.8. The van der Waals surface area contributed by atoms with Crippen molar-refractivity contribution in [3.8, 4) is 0 Å². The van der Waals surface area contributed by atoms with Gasteiger partial charge in [0.25, 0.3) is 5.91 Å². The molecule has 2 N–H and O–H groups in total. The van der Waals surface area contributed by atoms with E-state index in [1.165, 1.54) is 0 Å². The Kier molecular flexibility index (Phi) is 5.69. The standard InChI is InChI=1S/C22H24N2O3/c1-14-3-6-16(7-4-14)20(25)11-12-21(26)24-19-13-17(8-5-15(19)2)22(27)23-18-9-10-18/h3-8,13,18H,9-12H2,1-2H3,(H,23,27)(H,24,26). The van der Waals surface area contributed by atoms with Crippen LogP contribution in [0.4, 0.5) is 5.69 Å². The van der Waals surface area contributed by atoms with Gasteiger partial charge in [-0.3, -0.25) is 14.4 Å². The van der Waals surface area contributed by atoms with Crippen molar-refractivity contribution >= 4 is 23.3 Å². The number of ketones is 1. The van der Waals surface area contributed by atoms with Crippen molar-refractivity contribution in [1.82, 2.24) is 5.32 Å². The van der Waals surface area contributed by atoms with Crippen LogP contribution in [0.25, 0.3) is 0 Å². The van der Waals surface area contributed by atoms with Gasteiger partial charge in [-0.1, -0.05) is 35.9 Å². The van der Waals surface area contributed by atoms with Crippen LogP contribution in [0.3, 0.4) is 0 Å².